The fourth-order valence-electron chi connectivity index (χ4n) is 3.08. The number of methoxy groups -OCH3 is 1. The molecular weight excluding hydrogens is 363 g/mol. The van der Waals surface area contributed by atoms with Gasteiger partial charge in [0.15, 0.2) is 10.6 Å². The lowest BCUT2D eigenvalue weighted by Gasteiger charge is -2.15. The Morgan fingerprint density at radius 2 is 1.96 bits per heavy atom. The second-order valence-corrected chi connectivity index (χ2v) is 7.13. The van der Waals surface area contributed by atoms with Gasteiger partial charge in [0.05, 0.1) is 18.3 Å². The number of benzene rings is 2. The second kappa shape index (κ2) is 7.50. The van der Waals surface area contributed by atoms with E-state index in [-0.39, 0.29) is 11.9 Å². The predicted molar refractivity (Wildman–Crippen MR) is 106 cm³/mol. The molecule has 4 aromatic rings. The van der Waals surface area contributed by atoms with Gasteiger partial charge < -0.3 is 13.7 Å². The Labute approximate surface area is 160 Å². The summed E-state index contributed by atoms with van der Waals surface area (Å²) < 4.78 is 27.5. The van der Waals surface area contributed by atoms with Crippen molar-refractivity contribution in [1.82, 2.24) is 4.57 Å². The Morgan fingerprint density at radius 1 is 1.19 bits per heavy atom. The van der Waals surface area contributed by atoms with Gasteiger partial charge in [-0.1, -0.05) is 30.3 Å². The van der Waals surface area contributed by atoms with Crippen LogP contribution in [0.4, 0.5) is 10.1 Å². The zero-order chi connectivity index (χ0) is 18.8. The molecule has 0 radical (unpaired) electrons. The van der Waals surface area contributed by atoms with Crippen molar-refractivity contribution in [2.75, 3.05) is 13.7 Å². The Balaban J connectivity index is 1.90. The summed E-state index contributed by atoms with van der Waals surface area (Å²) in [5, 5.41) is 3.03. The first-order valence-electron chi connectivity index (χ1n) is 8.64. The summed E-state index contributed by atoms with van der Waals surface area (Å²) in [7, 11) is 1.66. The van der Waals surface area contributed by atoms with Crippen LogP contribution in [0.3, 0.4) is 0 Å². The minimum absolute atomic E-state index is 0.00925. The highest BCUT2D eigenvalue weighted by molar-refractivity contribution is 7.07. The molecule has 6 heteroatoms. The van der Waals surface area contributed by atoms with Crippen LogP contribution in [0.2, 0.25) is 0 Å². The lowest BCUT2D eigenvalue weighted by molar-refractivity contribution is 0.161. The maximum atomic E-state index is 14.1. The third-order valence-electron chi connectivity index (χ3n) is 4.34. The van der Waals surface area contributed by atoms with Crippen LogP contribution in [-0.4, -0.2) is 18.3 Å². The minimum atomic E-state index is -0.345. The molecule has 2 heterocycles. The first kappa shape index (κ1) is 17.7. The van der Waals surface area contributed by atoms with Crippen molar-refractivity contribution in [2.24, 2.45) is 4.99 Å². The van der Waals surface area contributed by atoms with Crippen LogP contribution in [0.1, 0.15) is 13.0 Å². The quantitative estimate of drug-likeness (QED) is 0.454. The van der Waals surface area contributed by atoms with Crippen LogP contribution in [0.25, 0.3) is 22.4 Å². The van der Waals surface area contributed by atoms with Crippen molar-refractivity contribution in [3.8, 4) is 11.5 Å². The average molecular weight is 382 g/mol. The number of aromatic nitrogens is 1. The van der Waals surface area contributed by atoms with Gasteiger partial charge in [0, 0.05) is 17.9 Å². The number of halogens is 1. The number of hydrogen-bond acceptors (Lipinski definition) is 4. The van der Waals surface area contributed by atoms with Gasteiger partial charge >= 0.3 is 0 Å². The van der Waals surface area contributed by atoms with Crippen molar-refractivity contribution >= 4 is 28.0 Å². The highest BCUT2D eigenvalue weighted by atomic mass is 32.1. The fourth-order valence-corrected chi connectivity index (χ4v) is 4.07. The molecule has 2 aromatic carbocycles. The lowest BCUT2D eigenvalue weighted by atomic mass is 10.2. The number of furan rings is 1. The molecule has 1 atom stereocenters. The van der Waals surface area contributed by atoms with Crippen LogP contribution in [0.5, 0.6) is 0 Å². The lowest BCUT2D eigenvalue weighted by Crippen LogP contribution is -2.22. The first-order chi connectivity index (χ1) is 13.2. The largest absolute Gasteiger partial charge is 0.454 e. The van der Waals surface area contributed by atoms with Crippen molar-refractivity contribution < 1.29 is 13.5 Å². The summed E-state index contributed by atoms with van der Waals surface area (Å²) in [5.74, 6) is 0.410. The number of hydrogen-bond donors (Lipinski definition) is 0. The Kier molecular flexibility index (Phi) is 4.92. The smallest absolute Gasteiger partial charge is 0.190 e. The molecule has 0 N–H and O–H groups in total. The topological polar surface area (TPSA) is 39.7 Å². The maximum Gasteiger partial charge on any atom is 0.190 e. The number of ether oxygens (including phenoxy) is 1. The van der Waals surface area contributed by atoms with E-state index in [1.165, 1.54) is 17.4 Å². The molecule has 0 aliphatic heterocycles. The molecule has 0 amide bonds. The third-order valence-corrected chi connectivity index (χ3v) is 5.18. The van der Waals surface area contributed by atoms with Crippen LogP contribution < -0.4 is 4.80 Å². The van der Waals surface area contributed by atoms with Gasteiger partial charge in [0.25, 0.3) is 0 Å². The maximum absolute atomic E-state index is 14.1. The number of thiazole rings is 1. The van der Waals surface area contributed by atoms with Gasteiger partial charge in [-0.25, -0.2) is 9.38 Å². The number of nitrogens with zero attached hydrogens (tertiary/aromatic N) is 2. The molecule has 0 aliphatic rings. The SMILES string of the molecule is COCC(C)n1c(-c2cc3ccccc3o2)csc1=Nc1ccccc1F. The predicted octanol–water partition coefficient (Wildman–Crippen LogP) is 5.54. The number of para-hydroxylation sites is 2. The molecule has 0 saturated carbocycles. The first-order valence-corrected chi connectivity index (χ1v) is 9.52. The molecule has 0 saturated heterocycles. The second-order valence-electron chi connectivity index (χ2n) is 6.29. The van der Waals surface area contributed by atoms with E-state index in [1.54, 1.807) is 25.3 Å². The molecule has 0 bridgehead atoms. The Bertz CT molecular complexity index is 1110. The molecule has 2 aromatic heterocycles. The van der Waals surface area contributed by atoms with Crippen molar-refractivity contribution in [2.45, 2.75) is 13.0 Å². The van der Waals surface area contributed by atoms with Crippen molar-refractivity contribution in [3.63, 3.8) is 0 Å². The van der Waals surface area contributed by atoms with Crippen molar-refractivity contribution in [1.29, 1.82) is 0 Å². The summed E-state index contributed by atoms with van der Waals surface area (Å²) in [5.41, 5.74) is 2.04. The highest BCUT2D eigenvalue weighted by Crippen LogP contribution is 2.30. The van der Waals surface area contributed by atoms with Gasteiger partial charge in [-0.15, -0.1) is 11.3 Å². The number of rotatable bonds is 5. The molecule has 27 heavy (non-hydrogen) atoms. The van der Waals surface area contributed by atoms with E-state index in [2.05, 4.69) is 4.99 Å². The summed E-state index contributed by atoms with van der Waals surface area (Å²) in [4.78, 5) is 5.25. The standard InChI is InChI=1S/C21H19FN2O2S/c1-14(12-25-2)24-18(20-11-15-7-3-6-10-19(15)26-20)13-27-21(24)23-17-9-5-4-8-16(17)22/h3-11,13-14H,12H2,1-2H3. The minimum Gasteiger partial charge on any atom is -0.454 e. The van der Waals surface area contributed by atoms with Crippen molar-refractivity contribution in [3.05, 3.63) is 70.6 Å². The van der Waals surface area contributed by atoms with Gasteiger partial charge in [0.1, 0.15) is 17.1 Å². The van der Waals surface area contributed by atoms with E-state index in [0.29, 0.717) is 17.1 Å². The molecule has 0 fully saturated rings. The van der Waals surface area contributed by atoms with Crippen LogP contribution >= 0.6 is 11.3 Å². The van der Waals surface area contributed by atoms with E-state index in [9.17, 15) is 4.39 Å². The van der Waals surface area contributed by atoms with Crippen LogP contribution in [0, 0.1) is 5.82 Å². The molecule has 4 rings (SSSR count). The molecular formula is C21H19FN2O2S. The highest BCUT2D eigenvalue weighted by Gasteiger charge is 2.17. The summed E-state index contributed by atoms with van der Waals surface area (Å²) >= 11 is 1.45. The van der Waals surface area contributed by atoms with Gasteiger partial charge in [0.2, 0.25) is 0 Å². The summed E-state index contributed by atoms with van der Waals surface area (Å²) in [6.07, 6.45) is 0. The Hall–Kier alpha value is -2.70. The van der Waals surface area contributed by atoms with Gasteiger partial charge in [-0.05, 0) is 31.2 Å². The van der Waals surface area contributed by atoms with E-state index >= 15 is 0 Å². The zero-order valence-corrected chi connectivity index (χ0v) is 15.9. The molecule has 0 aliphatic carbocycles. The molecule has 0 spiro atoms. The fraction of sp³-hybridized carbons (Fsp3) is 0.190. The molecule has 138 valence electrons. The van der Waals surface area contributed by atoms with Gasteiger partial charge in [-0.2, -0.15) is 0 Å². The Morgan fingerprint density at radius 3 is 2.74 bits per heavy atom. The summed E-state index contributed by atoms with van der Waals surface area (Å²) in [6, 6.07) is 16.4. The normalized spacial score (nSPS) is 13.4. The van der Waals surface area contributed by atoms with E-state index < -0.39 is 0 Å². The molecule has 1 unspecified atom stereocenters. The molecule has 4 nitrogen and oxygen atoms in total. The van der Waals surface area contributed by atoms with E-state index in [0.717, 1.165) is 22.4 Å². The van der Waals surface area contributed by atoms with Crippen LogP contribution in [0.15, 0.2) is 69.4 Å². The monoisotopic (exact) mass is 382 g/mol. The van der Waals surface area contributed by atoms with Gasteiger partial charge in [-0.3, -0.25) is 0 Å². The van der Waals surface area contributed by atoms with Crippen LogP contribution in [-0.2, 0) is 4.74 Å². The van der Waals surface area contributed by atoms with E-state index in [1.807, 2.05) is 47.2 Å². The third kappa shape index (κ3) is 3.46. The average Bonchev–Trinajstić information content (AvgIpc) is 3.27. The zero-order valence-electron chi connectivity index (χ0n) is 15.1. The number of fused-ring (bicyclic) bond motifs is 1. The summed E-state index contributed by atoms with van der Waals surface area (Å²) in [6.45, 7) is 2.55. The van der Waals surface area contributed by atoms with E-state index in [4.69, 9.17) is 9.15 Å².